The Labute approximate surface area is 163 Å². The molecule has 0 unspecified atom stereocenters. The summed E-state index contributed by atoms with van der Waals surface area (Å²) in [5, 5.41) is 3.45. The van der Waals surface area contributed by atoms with Gasteiger partial charge in [0.25, 0.3) is 5.91 Å². The van der Waals surface area contributed by atoms with Gasteiger partial charge in [-0.1, -0.05) is 6.07 Å². The number of amides is 1. The van der Waals surface area contributed by atoms with E-state index in [1.165, 1.54) is 28.9 Å². The van der Waals surface area contributed by atoms with Crippen molar-refractivity contribution in [1.29, 1.82) is 0 Å². The van der Waals surface area contributed by atoms with Crippen molar-refractivity contribution in [2.24, 2.45) is 0 Å². The molecule has 1 aliphatic rings. The summed E-state index contributed by atoms with van der Waals surface area (Å²) in [7, 11) is 1.37. The van der Waals surface area contributed by atoms with E-state index >= 15 is 0 Å². The minimum atomic E-state index is -0.684. The molecule has 5 nitrogen and oxygen atoms in total. The highest BCUT2D eigenvalue weighted by Crippen LogP contribution is 2.38. The Morgan fingerprint density at radius 2 is 1.89 bits per heavy atom. The van der Waals surface area contributed by atoms with Crippen molar-refractivity contribution >= 4 is 28.2 Å². The molecule has 0 radical (unpaired) electrons. The van der Waals surface area contributed by atoms with E-state index in [9.17, 15) is 9.59 Å². The second-order valence-corrected chi connectivity index (χ2v) is 8.01. The molecule has 0 fully saturated rings. The number of nitrogens with one attached hydrogen (secondary N) is 1. The van der Waals surface area contributed by atoms with E-state index in [0.717, 1.165) is 36.8 Å². The Morgan fingerprint density at radius 1 is 1.15 bits per heavy atom. The fourth-order valence-corrected chi connectivity index (χ4v) is 4.51. The molecule has 1 aromatic carbocycles. The zero-order valence-corrected chi connectivity index (χ0v) is 17.0. The van der Waals surface area contributed by atoms with E-state index in [2.05, 4.69) is 5.32 Å². The maximum absolute atomic E-state index is 12.7. The number of hydrogen-bond donors (Lipinski definition) is 1. The predicted molar refractivity (Wildman–Crippen MR) is 107 cm³/mol. The van der Waals surface area contributed by atoms with Crippen LogP contribution in [0.2, 0.25) is 0 Å². The number of anilines is 1. The fourth-order valence-electron chi connectivity index (χ4n) is 3.23. The van der Waals surface area contributed by atoms with Gasteiger partial charge in [-0.25, -0.2) is 4.79 Å². The number of esters is 1. The van der Waals surface area contributed by atoms with Crippen LogP contribution in [0, 0.1) is 13.8 Å². The highest BCUT2D eigenvalue weighted by Gasteiger charge is 2.28. The normalized spacial score (nSPS) is 14.2. The van der Waals surface area contributed by atoms with Crippen molar-refractivity contribution in [1.82, 2.24) is 0 Å². The van der Waals surface area contributed by atoms with Crippen molar-refractivity contribution in [3.8, 4) is 5.75 Å². The third-order valence-electron chi connectivity index (χ3n) is 4.96. The van der Waals surface area contributed by atoms with Crippen LogP contribution in [-0.4, -0.2) is 25.1 Å². The largest absolute Gasteiger partial charge is 0.481 e. The van der Waals surface area contributed by atoms with Gasteiger partial charge in [0.05, 0.1) is 12.7 Å². The number of aryl methyl sites for hydroxylation is 3. The molecule has 0 saturated carbocycles. The summed E-state index contributed by atoms with van der Waals surface area (Å²) in [5.41, 5.74) is 3.81. The summed E-state index contributed by atoms with van der Waals surface area (Å²) in [6.45, 7) is 5.74. The number of methoxy groups -OCH3 is 1. The number of thiophene rings is 1. The lowest BCUT2D eigenvalue weighted by Gasteiger charge is -2.16. The molecule has 0 saturated heterocycles. The molecular formula is C21H25NO4S. The second-order valence-electron chi connectivity index (χ2n) is 6.90. The topological polar surface area (TPSA) is 64.6 Å². The smallest absolute Gasteiger partial charge is 0.341 e. The monoisotopic (exact) mass is 387 g/mol. The minimum absolute atomic E-state index is 0.281. The average molecular weight is 388 g/mol. The third kappa shape index (κ3) is 4.16. The van der Waals surface area contributed by atoms with Crippen LogP contribution in [0.15, 0.2) is 18.2 Å². The predicted octanol–water partition coefficient (Wildman–Crippen LogP) is 4.44. The molecule has 1 heterocycles. The second kappa shape index (κ2) is 8.13. The summed E-state index contributed by atoms with van der Waals surface area (Å²) < 4.78 is 10.7. The zero-order chi connectivity index (χ0) is 19.6. The minimum Gasteiger partial charge on any atom is -0.481 e. The molecule has 0 spiro atoms. The third-order valence-corrected chi connectivity index (χ3v) is 6.17. The lowest BCUT2D eigenvalue weighted by molar-refractivity contribution is -0.122. The number of carbonyl (C=O) groups excluding carboxylic acids is 2. The van der Waals surface area contributed by atoms with Crippen molar-refractivity contribution in [2.45, 2.75) is 52.6 Å². The average Bonchev–Trinajstić information content (AvgIpc) is 3.01. The lowest BCUT2D eigenvalue weighted by atomic mass is 9.95. The highest BCUT2D eigenvalue weighted by atomic mass is 32.1. The molecule has 1 aromatic heterocycles. The lowest BCUT2D eigenvalue weighted by Crippen LogP contribution is -2.30. The van der Waals surface area contributed by atoms with Gasteiger partial charge in [-0.15, -0.1) is 11.3 Å². The summed E-state index contributed by atoms with van der Waals surface area (Å²) in [4.78, 5) is 26.1. The van der Waals surface area contributed by atoms with Crippen LogP contribution in [0.1, 0.15) is 51.7 Å². The number of benzene rings is 1. The van der Waals surface area contributed by atoms with Crippen molar-refractivity contribution in [3.05, 3.63) is 45.3 Å². The first-order valence-corrected chi connectivity index (χ1v) is 10.00. The molecule has 1 N–H and O–H groups in total. The molecule has 27 heavy (non-hydrogen) atoms. The molecule has 1 atom stereocenters. The van der Waals surface area contributed by atoms with Crippen molar-refractivity contribution in [3.63, 3.8) is 0 Å². The quantitative estimate of drug-likeness (QED) is 0.771. The Hall–Kier alpha value is -2.34. The van der Waals surface area contributed by atoms with E-state index in [0.29, 0.717) is 16.3 Å². The van der Waals surface area contributed by atoms with Gasteiger partial charge in [-0.3, -0.25) is 4.79 Å². The number of carbonyl (C=O) groups is 2. The number of rotatable bonds is 5. The first-order valence-electron chi connectivity index (χ1n) is 9.18. The summed E-state index contributed by atoms with van der Waals surface area (Å²) >= 11 is 1.47. The Balaban J connectivity index is 1.77. The van der Waals surface area contributed by atoms with Gasteiger partial charge < -0.3 is 14.8 Å². The maximum atomic E-state index is 12.7. The van der Waals surface area contributed by atoms with Gasteiger partial charge >= 0.3 is 5.97 Å². The van der Waals surface area contributed by atoms with Crippen molar-refractivity contribution in [2.75, 3.05) is 12.4 Å². The molecule has 0 bridgehead atoms. The Kier molecular flexibility index (Phi) is 5.85. The number of fused-ring (bicyclic) bond motifs is 1. The van der Waals surface area contributed by atoms with Crippen molar-refractivity contribution < 1.29 is 19.1 Å². The van der Waals surface area contributed by atoms with Gasteiger partial charge in [0.15, 0.2) is 6.10 Å². The SMILES string of the molecule is COC(=O)c1c(NC(=O)[C@@H](C)Oc2ccc(C)c(C)c2)sc2c1CCCC2. The molecule has 144 valence electrons. The first-order chi connectivity index (χ1) is 12.9. The molecule has 3 rings (SSSR count). The molecule has 0 aliphatic heterocycles. The molecule has 1 amide bonds. The van der Waals surface area contributed by atoms with E-state index in [1.54, 1.807) is 6.92 Å². The maximum Gasteiger partial charge on any atom is 0.341 e. The molecule has 6 heteroatoms. The first kappa shape index (κ1) is 19.4. The van der Waals surface area contributed by atoms with Gasteiger partial charge in [0, 0.05) is 4.88 Å². The summed E-state index contributed by atoms with van der Waals surface area (Å²) in [6, 6.07) is 5.75. The van der Waals surface area contributed by atoms with Gasteiger partial charge in [0.2, 0.25) is 0 Å². The summed E-state index contributed by atoms with van der Waals surface area (Å²) in [6.07, 6.45) is 3.26. The fraction of sp³-hybridized carbons (Fsp3) is 0.429. The molecule has 1 aliphatic carbocycles. The van der Waals surface area contributed by atoms with Crippen LogP contribution in [0.4, 0.5) is 5.00 Å². The van der Waals surface area contributed by atoms with E-state index < -0.39 is 12.1 Å². The molecular weight excluding hydrogens is 362 g/mol. The number of ether oxygens (including phenoxy) is 2. The van der Waals surface area contributed by atoms with Crippen LogP contribution >= 0.6 is 11.3 Å². The van der Waals surface area contributed by atoms with Gasteiger partial charge in [0.1, 0.15) is 10.8 Å². The summed E-state index contributed by atoms with van der Waals surface area (Å²) in [5.74, 6) is -0.0242. The van der Waals surface area contributed by atoms with Crippen LogP contribution in [0.5, 0.6) is 5.75 Å². The Bertz CT molecular complexity index is 871. The van der Waals surface area contributed by atoms with Gasteiger partial charge in [-0.05, 0) is 75.3 Å². The van der Waals surface area contributed by atoms with E-state index in [4.69, 9.17) is 9.47 Å². The van der Waals surface area contributed by atoms with Crippen LogP contribution < -0.4 is 10.1 Å². The van der Waals surface area contributed by atoms with Crippen LogP contribution in [-0.2, 0) is 22.4 Å². The van der Waals surface area contributed by atoms with Crippen LogP contribution in [0.3, 0.4) is 0 Å². The van der Waals surface area contributed by atoms with E-state index in [1.807, 2.05) is 32.0 Å². The highest BCUT2D eigenvalue weighted by molar-refractivity contribution is 7.17. The zero-order valence-electron chi connectivity index (χ0n) is 16.2. The van der Waals surface area contributed by atoms with Crippen LogP contribution in [0.25, 0.3) is 0 Å². The standard InChI is InChI=1S/C21H25NO4S/c1-12-9-10-15(11-13(12)2)26-14(3)19(23)22-20-18(21(24)25-4)16-7-5-6-8-17(16)27-20/h9-11,14H,5-8H2,1-4H3,(H,22,23)/t14-/m1/s1. The number of hydrogen-bond acceptors (Lipinski definition) is 5. The molecule has 2 aromatic rings. The Morgan fingerprint density at radius 3 is 2.59 bits per heavy atom. The van der Waals surface area contributed by atoms with Gasteiger partial charge in [-0.2, -0.15) is 0 Å². The van der Waals surface area contributed by atoms with E-state index in [-0.39, 0.29) is 5.91 Å².